The van der Waals surface area contributed by atoms with Crippen LogP contribution >= 0.6 is 0 Å². The molecule has 6 nitrogen and oxygen atoms in total. The van der Waals surface area contributed by atoms with E-state index in [2.05, 4.69) is 26.9 Å². The van der Waals surface area contributed by atoms with E-state index >= 15 is 0 Å². The smallest absolute Gasteiger partial charge is 0.267 e. The topological polar surface area (TPSA) is 72.2 Å². The molecule has 6 heteroatoms. The molecule has 0 aromatic carbocycles. The summed E-state index contributed by atoms with van der Waals surface area (Å²) in [7, 11) is 0. The van der Waals surface area contributed by atoms with Crippen molar-refractivity contribution in [2.45, 2.75) is 70.9 Å². The average Bonchev–Trinajstić information content (AvgIpc) is 2.97. The Morgan fingerprint density at radius 1 is 1.19 bits per heavy atom. The van der Waals surface area contributed by atoms with Crippen molar-refractivity contribution < 1.29 is 4.79 Å². The molecule has 0 spiro atoms. The fraction of sp³-hybridized carbons (Fsp3) is 0.800. The van der Waals surface area contributed by atoms with E-state index in [1.165, 1.54) is 45.1 Å². The van der Waals surface area contributed by atoms with E-state index in [0.717, 1.165) is 18.8 Å². The number of aryl methyl sites for hydroxylation is 1. The summed E-state index contributed by atoms with van der Waals surface area (Å²) in [4.78, 5) is 29.8. The van der Waals surface area contributed by atoms with Gasteiger partial charge in [-0.05, 0) is 51.0 Å². The highest BCUT2D eigenvalue weighted by Gasteiger charge is 2.47. The van der Waals surface area contributed by atoms with Gasteiger partial charge >= 0.3 is 0 Å². The number of aromatic nitrogens is 2. The Hall–Kier alpha value is -1.56. The summed E-state index contributed by atoms with van der Waals surface area (Å²) < 4.78 is 0. The Balaban J connectivity index is 1.52. The van der Waals surface area contributed by atoms with Gasteiger partial charge in [-0.1, -0.05) is 19.8 Å². The first-order valence-electron chi connectivity index (χ1n) is 10.4. The number of aromatic amines is 2. The van der Waals surface area contributed by atoms with Crippen LogP contribution in [0.4, 0.5) is 0 Å². The summed E-state index contributed by atoms with van der Waals surface area (Å²) in [6.45, 7) is 7.11. The van der Waals surface area contributed by atoms with Crippen LogP contribution in [0.1, 0.15) is 56.7 Å². The molecule has 3 saturated heterocycles. The number of hydrogen-bond acceptors (Lipinski definition) is 3. The number of carbonyl (C=O) groups excluding carboxylic acids is 1. The highest BCUT2D eigenvalue weighted by molar-refractivity contribution is 5.79. The van der Waals surface area contributed by atoms with Gasteiger partial charge in [-0.15, -0.1) is 0 Å². The van der Waals surface area contributed by atoms with E-state index in [9.17, 15) is 9.59 Å². The van der Waals surface area contributed by atoms with Crippen molar-refractivity contribution in [3.63, 3.8) is 0 Å². The Morgan fingerprint density at radius 3 is 2.73 bits per heavy atom. The Bertz CT molecular complexity index is 709. The molecule has 3 aliphatic rings. The zero-order valence-electron chi connectivity index (χ0n) is 16.1. The van der Waals surface area contributed by atoms with Gasteiger partial charge in [-0.2, -0.15) is 0 Å². The van der Waals surface area contributed by atoms with Crippen LogP contribution in [0, 0.1) is 18.8 Å². The normalized spacial score (nSPS) is 31.7. The quantitative estimate of drug-likeness (QED) is 0.863. The van der Waals surface area contributed by atoms with Crippen molar-refractivity contribution in [3.8, 4) is 0 Å². The number of hydrogen-bond donors (Lipinski definition) is 2. The van der Waals surface area contributed by atoms with Crippen LogP contribution in [0.5, 0.6) is 0 Å². The minimum absolute atomic E-state index is 0.118. The number of nitrogens with zero attached hydrogens (tertiary/aromatic N) is 2. The van der Waals surface area contributed by atoms with Gasteiger partial charge in [-0.25, -0.2) is 0 Å². The SMILES string of the molecule is CCC[C@H]1[C@H]2C[C@H](CN(C(=O)Cc3c(C)[nH][nH]c3=O)C2)[C@@H]2CCCCN21. The molecule has 4 heterocycles. The van der Waals surface area contributed by atoms with Gasteiger partial charge in [-0.3, -0.25) is 19.6 Å². The fourth-order valence-corrected chi connectivity index (χ4v) is 5.75. The lowest BCUT2D eigenvalue weighted by atomic mass is 9.71. The molecular formula is C20H32N4O2. The molecule has 2 N–H and O–H groups in total. The Labute approximate surface area is 155 Å². The zero-order valence-corrected chi connectivity index (χ0v) is 16.1. The number of fused-ring (bicyclic) bond motifs is 4. The van der Waals surface area contributed by atoms with Crippen LogP contribution in [0.25, 0.3) is 0 Å². The molecule has 1 aromatic heterocycles. The van der Waals surface area contributed by atoms with E-state index in [4.69, 9.17) is 0 Å². The lowest BCUT2D eigenvalue weighted by molar-refractivity contribution is -0.140. The molecule has 4 rings (SSSR count). The number of amides is 1. The first-order chi connectivity index (χ1) is 12.6. The van der Waals surface area contributed by atoms with Crippen molar-refractivity contribution in [1.82, 2.24) is 20.0 Å². The summed E-state index contributed by atoms with van der Waals surface area (Å²) in [6.07, 6.45) is 7.89. The summed E-state index contributed by atoms with van der Waals surface area (Å²) in [6, 6.07) is 1.29. The molecule has 1 aromatic rings. The molecule has 3 aliphatic heterocycles. The molecule has 3 fully saturated rings. The van der Waals surface area contributed by atoms with Crippen LogP contribution in [-0.2, 0) is 11.2 Å². The summed E-state index contributed by atoms with van der Waals surface area (Å²) in [5.74, 6) is 1.32. The maximum absolute atomic E-state index is 13.0. The average molecular weight is 361 g/mol. The largest absolute Gasteiger partial charge is 0.342 e. The van der Waals surface area contributed by atoms with Gasteiger partial charge < -0.3 is 10.00 Å². The lowest BCUT2D eigenvalue weighted by Crippen LogP contribution is -2.64. The van der Waals surface area contributed by atoms with Crippen molar-refractivity contribution >= 4 is 5.91 Å². The number of carbonyl (C=O) groups is 1. The van der Waals surface area contributed by atoms with Crippen molar-refractivity contribution in [2.75, 3.05) is 19.6 Å². The number of H-pyrrole nitrogens is 2. The minimum atomic E-state index is -0.157. The second-order valence-electron chi connectivity index (χ2n) is 8.57. The second-order valence-corrected chi connectivity index (χ2v) is 8.57. The maximum Gasteiger partial charge on any atom is 0.267 e. The summed E-state index contributed by atoms with van der Waals surface area (Å²) >= 11 is 0. The first-order valence-corrected chi connectivity index (χ1v) is 10.4. The molecule has 4 atom stereocenters. The molecule has 0 unspecified atom stereocenters. The van der Waals surface area contributed by atoms with Crippen molar-refractivity contribution in [3.05, 3.63) is 21.6 Å². The zero-order chi connectivity index (χ0) is 18.3. The Morgan fingerprint density at radius 2 is 2.00 bits per heavy atom. The second kappa shape index (κ2) is 7.22. The number of rotatable bonds is 4. The molecule has 0 aliphatic carbocycles. The number of piperidine rings is 3. The highest BCUT2D eigenvalue weighted by atomic mass is 16.2. The predicted molar refractivity (Wildman–Crippen MR) is 101 cm³/mol. The van der Waals surface area contributed by atoms with E-state index in [-0.39, 0.29) is 17.9 Å². The summed E-state index contributed by atoms with van der Waals surface area (Å²) in [5, 5.41) is 5.42. The maximum atomic E-state index is 13.0. The van der Waals surface area contributed by atoms with Crippen molar-refractivity contribution in [2.24, 2.45) is 11.8 Å². The van der Waals surface area contributed by atoms with Gasteiger partial charge in [0.1, 0.15) is 0 Å². The molecule has 26 heavy (non-hydrogen) atoms. The molecule has 1 amide bonds. The number of nitrogens with one attached hydrogen (secondary N) is 2. The van der Waals surface area contributed by atoms with Gasteiger partial charge in [0.2, 0.25) is 5.91 Å². The van der Waals surface area contributed by atoms with E-state index in [1.807, 2.05) is 6.92 Å². The molecule has 0 saturated carbocycles. The predicted octanol–water partition coefficient (Wildman–Crippen LogP) is 2.06. The fourth-order valence-electron chi connectivity index (χ4n) is 5.75. The summed E-state index contributed by atoms with van der Waals surface area (Å²) in [5.41, 5.74) is 1.22. The van der Waals surface area contributed by atoms with Crippen LogP contribution in [0.2, 0.25) is 0 Å². The highest BCUT2D eigenvalue weighted by Crippen LogP contribution is 2.42. The molecule has 2 bridgehead atoms. The molecule has 0 radical (unpaired) electrons. The first kappa shape index (κ1) is 17.8. The van der Waals surface area contributed by atoms with Gasteiger partial charge in [0.05, 0.1) is 6.42 Å². The third-order valence-corrected chi connectivity index (χ3v) is 6.98. The monoisotopic (exact) mass is 360 g/mol. The van der Waals surface area contributed by atoms with Crippen molar-refractivity contribution in [1.29, 1.82) is 0 Å². The van der Waals surface area contributed by atoms with E-state index in [0.29, 0.717) is 29.5 Å². The number of likely N-dealkylation sites (tertiary alicyclic amines) is 1. The molecule has 144 valence electrons. The van der Waals surface area contributed by atoms with E-state index < -0.39 is 0 Å². The van der Waals surface area contributed by atoms with Crippen LogP contribution in [0.15, 0.2) is 4.79 Å². The standard InChI is InChI=1S/C20H32N4O2/c1-3-6-17-14-9-15(18-7-4-5-8-24(17)18)12-23(11-14)19(25)10-16-13(2)21-22-20(16)26/h14-15,17-18H,3-12H2,1-2H3,(H2,21,22,26)/t14-,15+,17-,18-/m0/s1. The van der Waals surface area contributed by atoms with E-state index in [1.54, 1.807) is 0 Å². The third kappa shape index (κ3) is 3.13. The van der Waals surface area contributed by atoms with Crippen LogP contribution in [0.3, 0.4) is 0 Å². The lowest BCUT2D eigenvalue weighted by Gasteiger charge is -2.57. The Kier molecular flexibility index (Phi) is 4.95. The van der Waals surface area contributed by atoms with Crippen LogP contribution < -0.4 is 5.56 Å². The minimum Gasteiger partial charge on any atom is -0.342 e. The van der Waals surface area contributed by atoms with Gasteiger partial charge in [0.15, 0.2) is 0 Å². The molecular weight excluding hydrogens is 328 g/mol. The van der Waals surface area contributed by atoms with Crippen LogP contribution in [-0.4, -0.2) is 57.6 Å². The van der Waals surface area contributed by atoms with Gasteiger partial charge in [0, 0.05) is 36.4 Å². The van der Waals surface area contributed by atoms with Gasteiger partial charge in [0.25, 0.3) is 5.56 Å². The third-order valence-electron chi connectivity index (χ3n) is 6.98.